The molecule has 0 saturated heterocycles. The van der Waals surface area contributed by atoms with Gasteiger partial charge in [0.2, 0.25) is 0 Å². The molecular weight excluding hydrogens is 138 g/mol. The Labute approximate surface area is 68.3 Å². The van der Waals surface area contributed by atoms with Gasteiger partial charge in [0.15, 0.2) is 0 Å². The molecule has 0 spiro atoms. The number of hydrogen-bond acceptors (Lipinski definition) is 2. The van der Waals surface area contributed by atoms with Crippen molar-refractivity contribution in [3.63, 3.8) is 0 Å². The minimum Gasteiger partial charge on any atom is -0.403 e. The van der Waals surface area contributed by atoms with Crippen LogP contribution in [0.15, 0.2) is 11.9 Å². The van der Waals surface area contributed by atoms with Gasteiger partial charge in [-0.1, -0.05) is 13.8 Å². The van der Waals surface area contributed by atoms with Crippen LogP contribution >= 0.6 is 0 Å². The Bertz CT molecular complexity index is 176. The van der Waals surface area contributed by atoms with E-state index in [2.05, 4.69) is 4.95 Å². The van der Waals surface area contributed by atoms with Crippen LogP contribution < -0.4 is 5.73 Å². The van der Waals surface area contributed by atoms with Gasteiger partial charge in [0.25, 0.3) is 0 Å². The molecule has 0 bridgehead atoms. The summed E-state index contributed by atoms with van der Waals surface area (Å²) in [6.45, 7) is 12.0. The lowest BCUT2D eigenvalue weighted by Gasteiger charge is -2.10. The standard InChI is InChI=1S/C8H16N3/c1-5-11(10-4)8(6-9)7(2)3/h4,6-7H,5,9H2,1-3H3/q+1/b8-6-. The highest BCUT2D eigenvalue weighted by molar-refractivity contribution is 5.03. The van der Waals surface area contributed by atoms with Crippen molar-refractivity contribution in [2.45, 2.75) is 20.8 Å². The SMILES string of the molecule is C#[N+]N(CC)/C(=C\N)C(C)C. The molecule has 0 aliphatic heterocycles. The first kappa shape index (κ1) is 9.83. The Morgan fingerprint density at radius 1 is 1.73 bits per heavy atom. The van der Waals surface area contributed by atoms with Crippen molar-refractivity contribution in [3.05, 3.63) is 16.9 Å². The highest BCUT2D eigenvalue weighted by Gasteiger charge is 2.16. The highest BCUT2D eigenvalue weighted by atomic mass is 15.4. The smallest absolute Gasteiger partial charge is 0.305 e. The summed E-state index contributed by atoms with van der Waals surface area (Å²) in [6.07, 6.45) is 1.55. The van der Waals surface area contributed by atoms with E-state index in [0.717, 1.165) is 12.2 Å². The molecule has 2 N–H and O–H groups in total. The fourth-order valence-corrected chi connectivity index (χ4v) is 0.907. The van der Waals surface area contributed by atoms with E-state index in [-0.39, 0.29) is 0 Å². The van der Waals surface area contributed by atoms with E-state index in [1.54, 1.807) is 11.2 Å². The first-order chi connectivity index (χ1) is 5.17. The third-order valence-electron chi connectivity index (χ3n) is 1.50. The maximum absolute atomic E-state index is 5.41. The van der Waals surface area contributed by atoms with Crippen LogP contribution in [0.25, 0.3) is 4.95 Å². The van der Waals surface area contributed by atoms with E-state index < -0.39 is 0 Å². The molecule has 0 fully saturated rings. The molecule has 3 nitrogen and oxygen atoms in total. The van der Waals surface area contributed by atoms with Crippen molar-refractivity contribution in [3.8, 4) is 6.57 Å². The fourth-order valence-electron chi connectivity index (χ4n) is 0.907. The van der Waals surface area contributed by atoms with Crippen LogP contribution in [0, 0.1) is 12.5 Å². The Morgan fingerprint density at radius 2 is 2.27 bits per heavy atom. The van der Waals surface area contributed by atoms with Gasteiger partial charge in [-0.25, -0.2) is 0 Å². The molecule has 0 aliphatic carbocycles. The van der Waals surface area contributed by atoms with Crippen molar-refractivity contribution in [1.29, 1.82) is 0 Å². The lowest BCUT2D eigenvalue weighted by molar-refractivity contribution is 0.428. The zero-order chi connectivity index (χ0) is 8.85. The number of nitrogens with two attached hydrogens (primary N) is 1. The third-order valence-corrected chi connectivity index (χ3v) is 1.50. The maximum atomic E-state index is 5.41. The summed E-state index contributed by atoms with van der Waals surface area (Å²) in [7, 11) is 0. The monoisotopic (exact) mass is 154 g/mol. The van der Waals surface area contributed by atoms with Gasteiger partial charge >= 0.3 is 6.57 Å². The first-order valence-corrected chi connectivity index (χ1v) is 3.77. The molecule has 0 aromatic carbocycles. The summed E-state index contributed by atoms with van der Waals surface area (Å²) in [5.74, 6) is 0.354. The Kier molecular flexibility index (Phi) is 4.12. The van der Waals surface area contributed by atoms with E-state index >= 15 is 0 Å². The molecule has 0 rings (SSSR count). The lowest BCUT2D eigenvalue weighted by atomic mass is 10.1. The van der Waals surface area contributed by atoms with Gasteiger partial charge in [-0.3, -0.25) is 0 Å². The molecule has 0 unspecified atom stereocenters. The topological polar surface area (TPSA) is 33.6 Å². The molecule has 0 saturated carbocycles. The molecule has 0 aromatic heterocycles. The van der Waals surface area contributed by atoms with Crippen LogP contribution in [-0.4, -0.2) is 11.6 Å². The van der Waals surface area contributed by atoms with Crippen molar-refractivity contribution < 1.29 is 0 Å². The minimum absolute atomic E-state index is 0.354. The summed E-state index contributed by atoms with van der Waals surface area (Å²) in [5.41, 5.74) is 6.36. The quantitative estimate of drug-likeness (QED) is 0.627. The largest absolute Gasteiger partial charge is 0.403 e. The third kappa shape index (κ3) is 2.50. The van der Waals surface area contributed by atoms with Crippen LogP contribution in [-0.2, 0) is 0 Å². The zero-order valence-electron chi connectivity index (χ0n) is 7.41. The second-order valence-corrected chi connectivity index (χ2v) is 2.58. The molecule has 3 heteroatoms. The molecule has 0 amide bonds. The molecule has 11 heavy (non-hydrogen) atoms. The van der Waals surface area contributed by atoms with Crippen LogP contribution in [0.4, 0.5) is 0 Å². The van der Waals surface area contributed by atoms with Gasteiger partial charge in [0.1, 0.15) is 5.70 Å². The first-order valence-electron chi connectivity index (χ1n) is 3.77. The van der Waals surface area contributed by atoms with E-state index in [1.807, 2.05) is 20.8 Å². The minimum atomic E-state index is 0.354. The van der Waals surface area contributed by atoms with Crippen molar-refractivity contribution in [2.75, 3.05) is 6.54 Å². The zero-order valence-corrected chi connectivity index (χ0v) is 7.41. The van der Waals surface area contributed by atoms with Gasteiger partial charge in [-0.15, -0.1) is 0 Å². The summed E-state index contributed by atoms with van der Waals surface area (Å²) < 4.78 is 0. The van der Waals surface area contributed by atoms with Gasteiger partial charge in [-0.05, 0) is 11.9 Å². The normalized spacial score (nSPS) is 11.4. The van der Waals surface area contributed by atoms with Gasteiger partial charge in [0, 0.05) is 12.1 Å². The lowest BCUT2D eigenvalue weighted by Crippen LogP contribution is -2.19. The second kappa shape index (κ2) is 4.62. The van der Waals surface area contributed by atoms with Crippen LogP contribution in [0.1, 0.15) is 20.8 Å². The maximum Gasteiger partial charge on any atom is 0.305 e. The molecule has 62 valence electrons. The van der Waals surface area contributed by atoms with Gasteiger partial charge in [-0.2, -0.15) is 0 Å². The number of rotatable bonds is 3. The van der Waals surface area contributed by atoms with E-state index in [4.69, 9.17) is 12.3 Å². The van der Waals surface area contributed by atoms with Crippen molar-refractivity contribution >= 4 is 0 Å². The fraction of sp³-hybridized carbons (Fsp3) is 0.625. The van der Waals surface area contributed by atoms with Crippen molar-refractivity contribution in [1.82, 2.24) is 5.01 Å². The number of nitrogens with zero attached hydrogens (tertiary/aromatic N) is 2. The summed E-state index contributed by atoms with van der Waals surface area (Å²) in [5, 5.41) is 1.69. The summed E-state index contributed by atoms with van der Waals surface area (Å²) in [6, 6.07) is 0. The average Bonchev–Trinajstić information content (AvgIpc) is 1.99. The number of hydrogen-bond donors (Lipinski definition) is 1. The van der Waals surface area contributed by atoms with Crippen LogP contribution in [0.5, 0.6) is 0 Å². The van der Waals surface area contributed by atoms with Gasteiger partial charge in [0.05, 0.1) is 11.5 Å². The number of allylic oxidation sites excluding steroid dienone is 1. The molecular formula is C8H16N3+. The van der Waals surface area contributed by atoms with E-state index in [9.17, 15) is 0 Å². The van der Waals surface area contributed by atoms with Crippen molar-refractivity contribution in [2.24, 2.45) is 11.7 Å². The molecule has 0 heterocycles. The molecule has 0 atom stereocenters. The summed E-state index contributed by atoms with van der Waals surface area (Å²) >= 11 is 0. The highest BCUT2D eigenvalue weighted by Crippen LogP contribution is 2.13. The Balaban J connectivity index is 4.39. The Morgan fingerprint density at radius 3 is 2.36 bits per heavy atom. The van der Waals surface area contributed by atoms with Crippen LogP contribution in [0.2, 0.25) is 0 Å². The average molecular weight is 154 g/mol. The van der Waals surface area contributed by atoms with Gasteiger partial charge < -0.3 is 5.73 Å². The molecule has 0 aromatic rings. The second-order valence-electron chi connectivity index (χ2n) is 2.58. The molecule has 0 radical (unpaired) electrons. The predicted octanol–water partition coefficient (Wildman–Crippen LogP) is 1.64. The predicted molar refractivity (Wildman–Crippen MR) is 47.8 cm³/mol. The molecule has 0 aliphatic rings. The van der Waals surface area contributed by atoms with Crippen LogP contribution in [0.3, 0.4) is 0 Å². The Hall–Kier alpha value is -1.17. The van der Waals surface area contributed by atoms with E-state index in [0.29, 0.717) is 5.92 Å². The summed E-state index contributed by atoms with van der Waals surface area (Å²) in [4.78, 5) is 3.58. The van der Waals surface area contributed by atoms with E-state index in [1.165, 1.54) is 0 Å².